The first kappa shape index (κ1) is 15.4. The van der Waals surface area contributed by atoms with Gasteiger partial charge in [-0.2, -0.15) is 0 Å². The van der Waals surface area contributed by atoms with E-state index in [1.165, 1.54) is 0 Å². The second kappa shape index (κ2) is 7.11. The van der Waals surface area contributed by atoms with Crippen molar-refractivity contribution in [3.8, 4) is 5.75 Å². The van der Waals surface area contributed by atoms with Gasteiger partial charge in [0.25, 0.3) is 0 Å². The van der Waals surface area contributed by atoms with Crippen molar-refractivity contribution in [1.82, 2.24) is 4.90 Å². The maximum Gasteiger partial charge on any atom is 0.303 e. The van der Waals surface area contributed by atoms with E-state index in [1.54, 1.807) is 7.11 Å². The van der Waals surface area contributed by atoms with Gasteiger partial charge in [-0.1, -0.05) is 12.1 Å². The van der Waals surface area contributed by atoms with Crippen molar-refractivity contribution >= 4 is 11.9 Å². The highest BCUT2D eigenvalue weighted by Gasteiger charge is 2.29. The summed E-state index contributed by atoms with van der Waals surface area (Å²) in [5.74, 6) is 0.00146. The molecule has 1 fully saturated rings. The Hall–Kier alpha value is -2.04. The van der Waals surface area contributed by atoms with Crippen LogP contribution in [-0.2, 0) is 9.59 Å². The Morgan fingerprint density at radius 2 is 2.00 bits per heavy atom. The fourth-order valence-corrected chi connectivity index (χ4v) is 2.77. The van der Waals surface area contributed by atoms with Crippen LogP contribution in [0.2, 0.25) is 0 Å². The zero-order valence-corrected chi connectivity index (χ0v) is 12.2. The Kier molecular flexibility index (Phi) is 5.20. The highest BCUT2D eigenvalue weighted by Crippen LogP contribution is 2.33. The molecular weight excluding hydrogens is 270 g/mol. The molecule has 1 amide bonds. The lowest BCUT2D eigenvalue weighted by Crippen LogP contribution is -2.30. The number of hydrogen-bond donors (Lipinski definition) is 1. The molecule has 1 aliphatic heterocycles. The van der Waals surface area contributed by atoms with Gasteiger partial charge in [0.15, 0.2) is 0 Å². The molecule has 2 rings (SSSR count). The van der Waals surface area contributed by atoms with Gasteiger partial charge in [-0.3, -0.25) is 9.59 Å². The highest BCUT2D eigenvalue weighted by molar-refractivity contribution is 5.77. The summed E-state index contributed by atoms with van der Waals surface area (Å²) in [7, 11) is 1.63. The van der Waals surface area contributed by atoms with E-state index in [1.807, 2.05) is 29.2 Å². The van der Waals surface area contributed by atoms with Gasteiger partial charge in [0.2, 0.25) is 5.91 Å². The zero-order chi connectivity index (χ0) is 15.2. The Morgan fingerprint density at radius 1 is 1.29 bits per heavy atom. The van der Waals surface area contributed by atoms with Crippen molar-refractivity contribution in [3.05, 3.63) is 29.8 Å². The van der Waals surface area contributed by atoms with E-state index < -0.39 is 5.97 Å². The predicted molar refractivity (Wildman–Crippen MR) is 78.2 cm³/mol. The van der Waals surface area contributed by atoms with Crippen molar-refractivity contribution in [2.24, 2.45) is 0 Å². The van der Waals surface area contributed by atoms with Crippen LogP contribution in [0, 0.1) is 0 Å². The van der Waals surface area contributed by atoms with Gasteiger partial charge in [0.05, 0.1) is 13.2 Å². The molecule has 1 atom stereocenters. The van der Waals surface area contributed by atoms with Gasteiger partial charge < -0.3 is 14.7 Å². The van der Waals surface area contributed by atoms with Crippen molar-refractivity contribution in [1.29, 1.82) is 0 Å². The van der Waals surface area contributed by atoms with Crippen molar-refractivity contribution in [2.45, 2.75) is 38.1 Å². The molecule has 1 aromatic carbocycles. The first-order valence-electron chi connectivity index (χ1n) is 7.27. The molecule has 0 aromatic heterocycles. The molecule has 1 N–H and O–H groups in total. The molecule has 5 nitrogen and oxygen atoms in total. The van der Waals surface area contributed by atoms with Crippen LogP contribution in [0.4, 0.5) is 0 Å². The number of aliphatic carboxylic acids is 1. The lowest BCUT2D eigenvalue weighted by Gasteiger charge is -2.25. The molecule has 1 unspecified atom stereocenters. The molecule has 1 saturated heterocycles. The third-order valence-electron chi connectivity index (χ3n) is 3.86. The van der Waals surface area contributed by atoms with Crippen LogP contribution in [-0.4, -0.2) is 35.5 Å². The normalized spacial score (nSPS) is 17.8. The van der Waals surface area contributed by atoms with Gasteiger partial charge in [0.1, 0.15) is 5.75 Å². The number of amides is 1. The largest absolute Gasteiger partial charge is 0.497 e. The average molecular weight is 291 g/mol. The number of carbonyl (C=O) groups is 2. The molecule has 114 valence electrons. The Morgan fingerprint density at radius 3 is 2.62 bits per heavy atom. The monoisotopic (exact) mass is 291 g/mol. The first-order chi connectivity index (χ1) is 10.1. The molecule has 5 heteroatoms. The van der Waals surface area contributed by atoms with E-state index >= 15 is 0 Å². The van der Waals surface area contributed by atoms with Gasteiger partial charge in [-0.05, 0) is 37.0 Å². The number of carbonyl (C=O) groups excluding carboxylic acids is 1. The smallest absolute Gasteiger partial charge is 0.303 e. The average Bonchev–Trinajstić information content (AvgIpc) is 2.96. The number of carboxylic acid groups (broad SMARTS) is 1. The van der Waals surface area contributed by atoms with Crippen LogP contribution in [0.1, 0.15) is 43.7 Å². The first-order valence-corrected chi connectivity index (χ1v) is 7.27. The van der Waals surface area contributed by atoms with Crippen LogP contribution in [0.25, 0.3) is 0 Å². The fraction of sp³-hybridized carbons (Fsp3) is 0.500. The maximum atomic E-state index is 12.2. The molecule has 0 saturated carbocycles. The molecular formula is C16H21NO4. The van der Waals surface area contributed by atoms with E-state index in [0.717, 1.165) is 30.7 Å². The van der Waals surface area contributed by atoms with E-state index in [0.29, 0.717) is 12.8 Å². The van der Waals surface area contributed by atoms with Crippen LogP contribution >= 0.6 is 0 Å². The summed E-state index contributed by atoms with van der Waals surface area (Å²) in [6.07, 6.45) is 2.70. The zero-order valence-electron chi connectivity index (χ0n) is 12.2. The number of rotatable bonds is 6. The summed E-state index contributed by atoms with van der Waals surface area (Å²) in [6.45, 7) is 0.753. The SMILES string of the molecule is COc1ccc(C2CCCN2C(=O)CCCC(=O)O)cc1. The number of ether oxygens (including phenoxy) is 1. The molecule has 0 spiro atoms. The van der Waals surface area contributed by atoms with E-state index in [4.69, 9.17) is 9.84 Å². The molecule has 1 heterocycles. The Labute approximate surface area is 124 Å². The van der Waals surface area contributed by atoms with Crippen LogP contribution in [0.5, 0.6) is 5.75 Å². The molecule has 0 aliphatic carbocycles. The number of hydrogen-bond acceptors (Lipinski definition) is 3. The third kappa shape index (κ3) is 3.97. The summed E-state index contributed by atoms with van der Waals surface area (Å²) in [6, 6.07) is 7.90. The lowest BCUT2D eigenvalue weighted by atomic mass is 10.0. The van der Waals surface area contributed by atoms with Crippen molar-refractivity contribution in [3.63, 3.8) is 0 Å². The molecule has 0 bridgehead atoms. The van der Waals surface area contributed by atoms with E-state index in [9.17, 15) is 9.59 Å². The number of nitrogens with zero attached hydrogens (tertiary/aromatic N) is 1. The van der Waals surface area contributed by atoms with Crippen LogP contribution in [0.3, 0.4) is 0 Å². The molecule has 0 radical (unpaired) electrons. The Balaban J connectivity index is 1.98. The maximum absolute atomic E-state index is 12.2. The number of carboxylic acids is 1. The molecule has 1 aromatic rings. The van der Waals surface area contributed by atoms with Gasteiger partial charge in [-0.15, -0.1) is 0 Å². The second-order valence-electron chi connectivity index (χ2n) is 5.27. The van der Waals surface area contributed by atoms with Crippen molar-refractivity contribution < 1.29 is 19.4 Å². The summed E-state index contributed by atoms with van der Waals surface area (Å²) >= 11 is 0. The van der Waals surface area contributed by atoms with E-state index in [2.05, 4.69) is 0 Å². The quantitative estimate of drug-likeness (QED) is 0.875. The third-order valence-corrected chi connectivity index (χ3v) is 3.86. The second-order valence-corrected chi connectivity index (χ2v) is 5.27. The number of methoxy groups -OCH3 is 1. The molecule has 1 aliphatic rings. The van der Waals surface area contributed by atoms with E-state index in [-0.39, 0.29) is 18.4 Å². The van der Waals surface area contributed by atoms with Gasteiger partial charge >= 0.3 is 5.97 Å². The minimum absolute atomic E-state index is 0.0484. The van der Waals surface area contributed by atoms with Crippen molar-refractivity contribution in [2.75, 3.05) is 13.7 Å². The van der Waals surface area contributed by atoms with Crippen LogP contribution in [0.15, 0.2) is 24.3 Å². The number of likely N-dealkylation sites (tertiary alicyclic amines) is 1. The van der Waals surface area contributed by atoms with Crippen LogP contribution < -0.4 is 4.74 Å². The summed E-state index contributed by atoms with van der Waals surface area (Å²) < 4.78 is 5.15. The topological polar surface area (TPSA) is 66.8 Å². The minimum Gasteiger partial charge on any atom is -0.497 e. The lowest BCUT2D eigenvalue weighted by molar-refractivity contribution is -0.137. The summed E-state index contributed by atoms with van der Waals surface area (Å²) in [4.78, 5) is 24.6. The standard InChI is InChI=1S/C16H21NO4/c1-21-13-9-7-12(8-10-13)14-4-3-11-17(14)15(18)5-2-6-16(19)20/h7-10,14H,2-6,11H2,1H3,(H,19,20). The van der Waals surface area contributed by atoms with Gasteiger partial charge in [0, 0.05) is 19.4 Å². The number of benzene rings is 1. The summed E-state index contributed by atoms with van der Waals surface area (Å²) in [5, 5.41) is 8.63. The predicted octanol–water partition coefficient (Wildman–Crippen LogP) is 2.61. The fourth-order valence-electron chi connectivity index (χ4n) is 2.77. The highest BCUT2D eigenvalue weighted by atomic mass is 16.5. The molecule has 21 heavy (non-hydrogen) atoms. The van der Waals surface area contributed by atoms with Gasteiger partial charge in [-0.25, -0.2) is 0 Å². The summed E-state index contributed by atoms with van der Waals surface area (Å²) in [5.41, 5.74) is 1.11. The Bertz CT molecular complexity index is 498. The minimum atomic E-state index is -0.851.